The Hall–Kier alpha value is -2.49. The molecule has 0 saturated carbocycles. The lowest BCUT2D eigenvalue weighted by molar-refractivity contribution is -0.117. The summed E-state index contributed by atoms with van der Waals surface area (Å²) in [5.74, 6) is 2.39. The van der Waals surface area contributed by atoms with Gasteiger partial charge in [0.25, 0.3) is 0 Å². The van der Waals surface area contributed by atoms with Gasteiger partial charge in [-0.2, -0.15) is 0 Å². The first kappa shape index (κ1) is 19.8. The van der Waals surface area contributed by atoms with E-state index in [4.69, 9.17) is 9.47 Å². The minimum Gasteiger partial charge on any atom is -0.492 e. The third kappa shape index (κ3) is 4.26. The standard InChI is InChI=1S/C25H31NO3/c1-17(13-18(2)27)19-5-8-21(9-6-19)29-22-11-12-26(15-22)20-7-10-24-23(14-20)25(3,4)16-28-24/h5-10,14,17,22H,11-13,15-16H2,1-4H3/t17-,22?/m1/s1. The predicted molar refractivity (Wildman–Crippen MR) is 116 cm³/mol. The van der Waals surface area contributed by atoms with Gasteiger partial charge in [0, 0.05) is 36.1 Å². The molecule has 0 N–H and O–H groups in total. The number of fused-ring (bicyclic) bond motifs is 1. The largest absolute Gasteiger partial charge is 0.492 e. The second-order valence-corrected chi connectivity index (χ2v) is 9.20. The van der Waals surface area contributed by atoms with Crippen LogP contribution in [0.4, 0.5) is 5.69 Å². The first-order chi connectivity index (χ1) is 13.8. The maximum Gasteiger partial charge on any atom is 0.130 e. The fourth-order valence-electron chi connectivity index (χ4n) is 4.38. The summed E-state index contributed by atoms with van der Waals surface area (Å²) in [6.07, 6.45) is 1.79. The molecule has 0 radical (unpaired) electrons. The lowest BCUT2D eigenvalue weighted by Gasteiger charge is -2.22. The van der Waals surface area contributed by atoms with Crippen molar-refractivity contribution in [2.75, 3.05) is 24.6 Å². The van der Waals surface area contributed by atoms with Crippen molar-refractivity contribution in [3.63, 3.8) is 0 Å². The summed E-state index contributed by atoms with van der Waals surface area (Å²) < 4.78 is 12.1. The summed E-state index contributed by atoms with van der Waals surface area (Å²) in [7, 11) is 0. The average molecular weight is 394 g/mol. The Morgan fingerprint density at radius 1 is 1.24 bits per heavy atom. The zero-order valence-corrected chi connectivity index (χ0v) is 17.9. The molecule has 4 rings (SSSR count). The molecule has 0 amide bonds. The summed E-state index contributed by atoms with van der Waals surface area (Å²) in [4.78, 5) is 13.7. The van der Waals surface area contributed by atoms with E-state index < -0.39 is 0 Å². The molecule has 0 spiro atoms. The zero-order chi connectivity index (χ0) is 20.6. The SMILES string of the molecule is CC(=O)C[C@@H](C)c1ccc(OC2CCN(c3ccc4c(c3)C(C)(C)CO4)C2)cc1. The van der Waals surface area contributed by atoms with Crippen LogP contribution in [-0.4, -0.2) is 31.6 Å². The fraction of sp³-hybridized carbons (Fsp3) is 0.480. The van der Waals surface area contributed by atoms with E-state index in [1.807, 2.05) is 12.1 Å². The molecule has 0 aromatic heterocycles. The van der Waals surface area contributed by atoms with Crippen LogP contribution in [0.25, 0.3) is 0 Å². The minimum atomic E-state index is 0.0717. The van der Waals surface area contributed by atoms with Crippen LogP contribution in [-0.2, 0) is 10.2 Å². The first-order valence-electron chi connectivity index (χ1n) is 10.6. The summed E-state index contributed by atoms with van der Waals surface area (Å²) in [6, 6.07) is 14.8. The number of Topliss-reactive ketones (excluding diaryl/α,β-unsaturated/α-hetero) is 1. The van der Waals surface area contributed by atoms with Crippen LogP contribution in [0.15, 0.2) is 42.5 Å². The number of ether oxygens (including phenoxy) is 2. The molecule has 1 unspecified atom stereocenters. The van der Waals surface area contributed by atoms with Crippen LogP contribution in [0.3, 0.4) is 0 Å². The van der Waals surface area contributed by atoms with E-state index in [9.17, 15) is 4.79 Å². The van der Waals surface area contributed by atoms with E-state index in [-0.39, 0.29) is 23.2 Å². The van der Waals surface area contributed by atoms with Gasteiger partial charge in [-0.15, -0.1) is 0 Å². The molecule has 29 heavy (non-hydrogen) atoms. The third-order valence-corrected chi connectivity index (χ3v) is 6.14. The van der Waals surface area contributed by atoms with Gasteiger partial charge >= 0.3 is 0 Å². The lowest BCUT2D eigenvalue weighted by Crippen LogP contribution is -2.25. The van der Waals surface area contributed by atoms with Crippen molar-refractivity contribution in [1.29, 1.82) is 0 Å². The molecule has 0 bridgehead atoms. The first-order valence-corrected chi connectivity index (χ1v) is 10.6. The van der Waals surface area contributed by atoms with Crippen LogP contribution in [0, 0.1) is 0 Å². The predicted octanol–water partition coefficient (Wildman–Crippen LogP) is 5.10. The van der Waals surface area contributed by atoms with E-state index in [2.05, 4.69) is 56.0 Å². The molecule has 2 aliphatic rings. The summed E-state index contributed by atoms with van der Waals surface area (Å²) in [6.45, 7) is 10.8. The highest BCUT2D eigenvalue weighted by atomic mass is 16.5. The number of benzene rings is 2. The summed E-state index contributed by atoms with van der Waals surface area (Å²) in [5, 5.41) is 0. The van der Waals surface area contributed by atoms with Crippen molar-refractivity contribution >= 4 is 11.5 Å². The molecule has 2 heterocycles. The minimum absolute atomic E-state index is 0.0717. The number of rotatable bonds is 6. The Kier molecular flexibility index (Phi) is 5.28. The second kappa shape index (κ2) is 7.74. The Balaban J connectivity index is 1.38. The highest BCUT2D eigenvalue weighted by Crippen LogP contribution is 2.41. The van der Waals surface area contributed by atoms with Crippen molar-refractivity contribution in [3.8, 4) is 11.5 Å². The monoisotopic (exact) mass is 393 g/mol. The Morgan fingerprint density at radius 3 is 2.72 bits per heavy atom. The quantitative estimate of drug-likeness (QED) is 0.685. The van der Waals surface area contributed by atoms with Crippen LogP contribution in [0.1, 0.15) is 57.6 Å². The number of anilines is 1. The van der Waals surface area contributed by atoms with Crippen molar-refractivity contribution in [2.45, 2.75) is 58.0 Å². The summed E-state index contributed by atoms with van der Waals surface area (Å²) in [5.41, 5.74) is 3.81. The Bertz CT molecular complexity index is 887. The number of ketones is 1. The Morgan fingerprint density at radius 2 is 2.00 bits per heavy atom. The van der Waals surface area contributed by atoms with Gasteiger partial charge in [-0.25, -0.2) is 0 Å². The number of carbonyl (C=O) groups is 1. The maximum atomic E-state index is 11.3. The van der Waals surface area contributed by atoms with E-state index in [1.165, 1.54) is 16.8 Å². The molecular formula is C25H31NO3. The molecule has 2 aromatic rings. The highest BCUT2D eigenvalue weighted by Gasteiger charge is 2.33. The second-order valence-electron chi connectivity index (χ2n) is 9.20. The molecular weight excluding hydrogens is 362 g/mol. The number of nitrogens with zero attached hydrogens (tertiary/aromatic N) is 1. The molecule has 2 aromatic carbocycles. The van der Waals surface area contributed by atoms with Crippen molar-refractivity contribution in [1.82, 2.24) is 0 Å². The van der Waals surface area contributed by atoms with E-state index in [0.717, 1.165) is 37.6 Å². The third-order valence-electron chi connectivity index (χ3n) is 6.14. The molecule has 4 nitrogen and oxygen atoms in total. The van der Waals surface area contributed by atoms with Gasteiger partial charge in [-0.05, 0) is 48.7 Å². The number of carbonyl (C=O) groups excluding carboxylic acids is 1. The maximum absolute atomic E-state index is 11.3. The smallest absolute Gasteiger partial charge is 0.130 e. The van der Waals surface area contributed by atoms with Gasteiger partial charge in [-0.3, -0.25) is 0 Å². The van der Waals surface area contributed by atoms with Crippen molar-refractivity contribution in [2.24, 2.45) is 0 Å². The van der Waals surface area contributed by atoms with Gasteiger partial charge in [-0.1, -0.05) is 32.9 Å². The van der Waals surface area contributed by atoms with Crippen molar-refractivity contribution in [3.05, 3.63) is 53.6 Å². The van der Waals surface area contributed by atoms with Crippen LogP contribution >= 0.6 is 0 Å². The summed E-state index contributed by atoms with van der Waals surface area (Å²) >= 11 is 0. The normalized spacial score (nSPS) is 20.8. The zero-order valence-electron chi connectivity index (χ0n) is 17.9. The van der Waals surface area contributed by atoms with Gasteiger partial charge in [0.05, 0.1) is 13.2 Å². The van der Waals surface area contributed by atoms with E-state index in [1.54, 1.807) is 6.92 Å². The molecule has 154 valence electrons. The molecule has 0 aliphatic carbocycles. The van der Waals surface area contributed by atoms with E-state index >= 15 is 0 Å². The lowest BCUT2D eigenvalue weighted by atomic mass is 9.87. The molecule has 1 fully saturated rings. The highest BCUT2D eigenvalue weighted by molar-refractivity contribution is 5.76. The average Bonchev–Trinajstić information content (AvgIpc) is 3.26. The van der Waals surface area contributed by atoms with Crippen LogP contribution in [0.2, 0.25) is 0 Å². The Labute approximate surface area is 173 Å². The number of hydrogen-bond acceptors (Lipinski definition) is 4. The molecule has 2 aliphatic heterocycles. The van der Waals surface area contributed by atoms with Crippen LogP contribution in [0.5, 0.6) is 11.5 Å². The molecule has 2 atom stereocenters. The number of hydrogen-bond donors (Lipinski definition) is 0. The van der Waals surface area contributed by atoms with Gasteiger partial charge in [0.15, 0.2) is 0 Å². The van der Waals surface area contributed by atoms with Crippen molar-refractivity contribution < 1.29 is 14.3 Å². The van der Waals surface area contributed by atoms with Gasteiger partial charge < -0.3 is 19.2 Å². The van der Waals surface area contributed by atoms with E-state index in [0.29, 0.717) is 6.42 Å². The molecule has 1 saturated heterocycles. The fourth-order valence-corrected chi connectivity index (χ4v) is 4.38. The van der Waals surface area contributed by atoms with Crippen LogP contribution < -0.4 is 14.4 Å². The van der Waals surface area contributed by atoms with Gasteiger partial charge in [0.2, 0.25) is 0 Å². The topological polar surface area (TPSA) is 38.8 Å². The molecule has 4 heteroatoms. The van der Waals surface area contributed by atoms with Gasteiger partial charge in [0.1, 0.15) is 23.4 Å².